The molecule has 2 atom stereocenters. The molecular weight excluding hydrogens is 252 g/mol. The SMILES string of the molecule is CCCCC(C(=O)NCCC)C(O)N(C(C)C)C(C)C. The van der Waals surface area contributed by atoms with Crippen LogP contribution in [-0.4, -0.2) is 40.8 Å². The average Bonchev–Trinajstić information content (AvgIpc) is 2.35. The molecule has 0 saturated heterocycles. The number of nitrogens with one attached hydrogen (secondary N) is 1. The van der Waals surface area contributed by atoms with Gasteiger partial charge in [-0.25, -0.2) is 0 Å². The Balaban J connectivity index is 4.93. The van der Waals surface area contributed by atoms with Gasteiger partial charge in [-0.1, -0.05) is 26.7 Å². The van der Waals surface area contributed by atoms with Crippen LogP contribution in [0.25, 0.3) is 0 Å². The minimum Gasteiger partial charge on any atom is -0.378 e. The molecule has 0 aliphatic rings. The molecule has 0 aliphatic heterocycles. The van der Waals surface area contributed by atoms with Crippen molar-refractivity contribution in [3.8, 4) is 0 Å². The van der Waals surface area contributed by atoms with E-state index >= 15 is 0 Å². The van der Waals surface area contributed by atoms with E-state index in [1.165, 1.54) is 0 Å². The lowest BCUT2D eigenvalue weighted by Gasteiger charge is -2.38. The van der Waals surface area contributed by atoms with Crippen molar-refractivity contribution in [2.24, 2.45) is 5.92 Å². The largest absolute Gasteiger partial charge is 0.378 e. The van der Waals surface area contributed by atoms with E-state index < -0.39 is 6.23 Å². The van der Waals surface area contributed by atoms with Gasteiger partial charge in [-0.3, -0.25) is 9.69 Å². The Morgan fingerprint density at radius 2 is 1.65 bits per heavy atom. The molecule has 0 rings (SSSR count). The van der Waals surface area contributed by atoms with Crippen LogP contribution in [0, 0.1) is 5.92 Å². The van der Waals surface area contributed by atoms with Crippen molar-refractivity contribution in [2.75, 3.05) is 6.54 Å². The van der Waals surface area contributed by atoms with Crippen LogP contribution < -0.4 is 5.32 Å². The van der Waals surface area contributed by atoms with Crippen LogP contribution >= 0.6 is 0 Å². The van der Waals surface area contributed by atoms with Gasteiger partial charge in [0.25, 0.3) is 0 Å². The van der Waals surface area contributed by atoms with Gasteiger partial charge in [-0.2, -0.15) is 0 Å². The highest BCUT2D eigenvalue weighted by atomic mass is 16.3. The van der Waals surface area contributed by atoms with Crippen LogP contribution in [0.5, 0.6) is 0 Å². The number of nitrogens with zero attached hydrogens (tertiary/aromatic N) is 1. The molecule has 4 nitrogen and oxygen atoms in total. The number of aliphatic hydroxyl groups is 1. The second-order valence-electron chi connectivity index (χ2n) is 6.09. The molecule has 0 bridgehead atoms. The van der Waals surface area contributed by atoms with Crippen molar-refractivity contribution in [1.82, 2.24) is 10.2 Å². The summed E-state index contributed by atoms with van der Waals surface area (Å²) in [6.45, 7) is 13.1. The van der Waals surface area contributed by atoms with Crippen molar-refractivity contribution in [1.29, 1.82) is 0 Å². The third-order valence-electron chi connectivity index (χ3n) is 3.61. The number of hydrogen-bond donors (Lipinski definition) is 2. The number of hydrogen-bond acceptors (Lipinski definition) is 3. The summed E-state index contributed by atoms with van der Waals surface area (Å²) in [6.07, 6.45) is 2.95. The monoisotopic (exact) mass is 286 g/mol. The molecule has 2 N–H and O–H groups in total. The fourth-order valence-electron chi connectivity index (χ4n) is 2.63. The molecule has 0 heterocycles. The van der Waals surface area contributed by atoms with Crippen molar-refractivity contribution in [3.63, 3.8) is 0 Å². The fraction of sp³-hybridized carbons (Fsp3) is 0.938. The van der Waals surface area contributed by atoms with Gasteiger partial charge < -0.3 is 10.4 Å². The van der Waals surface area contributed by atoms with Gasteiger partial charge in [0, 0.05) is 18.6 Å². The first-order chi connectivity index (χ1) is 9.36. The first-order valence-electron chi connectivity index (χ1n) is 8.09. The van der Waals surface area contributed by atoms with Gasteiger partial charge in [0.1, 0.15) is 6.23 Å². The average molecular weight is 286 g/mol. The summed E-state index contributed by atoms with van der Waals surface area (Å²) in [5.41, 5.74) is 0. The third kappa shape index (κ3) is 6.23. The predicted molar refractivity (Wildman–Crippen MR) is 84.4 cm³/mol. The minimum absolute atomic E-state index is 0.0147. The van der Waals surface area contributed by atoms with E-state index in [-0.39, 0.29) is 23.9 Å². The van der Waals surface area contributed by atoms with Gasteiger partial charge in [-0.15, -0.1) is 0 Å². The number of unbranched alkanes of at least 4 members (excludes halogenated alkanes) is 1. The second-order valence-corrected chi connectivity index (χ2v) is 6.09. The lowest BCUT2D eigenvalue weighted by molar-refractivity contribution is -0.139. The molecule has 0 spiro atoms. The number of carbonyl (C=O) groups excluding carboxylic acids is 1. The number of amides is 1. The zero-order chi connectivity index (χ0) is 15.7. The first kappa shape index (κ1) is 19.4. The lowest BCUT2D eigenvalue weighted by atomic mass is 9.96. The Bertz CT molecular complexity index is 259. The third-order valence-corrected chi connectivity index (χ3v) is 3.61. The topological polar surface area (TPSA) is 52.6 Å². The van der Waals surface area contributed by atoms with Crippen molar-refractivity contribution in [2.45, 2.75) is 85.5 Å². The molecule has 120 valence electrons. The smallest absolute Gasteiger partial charge is 0.227 e. The van der Waals surface area contributed by atoms with Gasteiger partial charge >= 0.3 is 0 Å². The molecule has 20 heavy (non-hydrogen) atoms. The highest BCUT2D eigenvalue weighted by molar-refractivity contribution is 5.79. The van der Waals surface area contributed by atoms with Gasteiger partial charge in [-0.05, 0) is 40.5 Å². The molecule has 0 aromatic carbocycles. The standard InChI is InChI=1S/C16H34N2O2/c1-7-9-10-14(15(19)17-11-8-2)16(20)18(12(3)4)13(5)6/h12-14,16,20H,7-11H2,1-6H3,(H,17,19). The van der Waals surface area contributed by atoms with E-state index in [2.05, 4.69) is 39.9 Å². The zero-order valence-corrected chi connectivity index (χ0v) is 14.1. The number of aliphatic hydroxyl groups excluding tert-OH is 1. The predicted octanol–water partition coefficient (Wildman–Crippen LogP) is 2.76. The maximum absolute atomic E-state index is 12.3. The first-order valence-corrected chi connectivity index (χ1v) is 8.09. The van der Waals surface area contributed by atoms with E-state index in [9.17, 15) is 9.90 Å². The van der Waals surface area contributed by atoms with Gasteiger partial charge in [0.05, 0.1) is 5.92 Å². The number of carbonyl (C=O) groups is 1. The Labute approximate surface area is 124 Å². The summed E-state index contributed by atoms with van der Waals surface area (Å²) in [4.78, 5) is 14.3. The normalized spacial score (nSPS) is 14.9. The van der Waals surface area contributed by atoms with Crippen LogP contribution in [-0.2, 0) is 4.79 Å². The summed E-state index contributed by atoms with van der Waals surface area (Å²) in [5.74, 6) is -0.356. The number of rotatable bonds is 10. The molecule has 4 heteroatoms. The quantitative estimate of drug-likeness (QED) is 0.607. The second kappa shape index (κ2) is 10.2. The van der Waals surface area contributed by atoms with E-state index in [4.69, 9.17) is 0 Å². The van der Waals surface area contributed by atoms with Gasteiger partial charge in [0.2, 0.25) is 5.91 Å². The van der Waals surface area contributed by atoms with Crippen molar-refractivity contribution in [3.05, 3.63) is 0 Å². The summed E-state index contributed by atoms with van der Waals surface area (Å²) < 4.78 is 0. The molecule has 2 unspecified atom stereocenters. The maximum Gasteiger partial charge on any atom is 0.227 e. The Hall–Kier alpha value is -0.610. The molecule has 0 radical (unpaired) electrons. The molecule has 0 aromatic heterocycles. The molecule has 1 amide bonds. The molecule has 0 aliphatic carbocycles. The molecule has 0 aromatic rings. The van der Waals surface area contributed by atoms with E-state index in [0.29, 0.717) is 6.54 Å². The molecular formula is C16H34N2O2. The van der Waals surface area contributed by atoms with E-state index in [1.54, 1.807) is 0 Å². The van der Waals surface area contributed by atoms with Crippen LogP contribution in [0.1, 0.15) is 67.2 Å². The van der Waals surface area contributed by atoms with Crippen molar-refractivity contribution < 1.29 is 9.90 Å². The minimum atomic E-state index is -0.710. The highest BCUT2D eigenvalue weighted by Gasteiger charge is 2.33. The van der Waals surface area contributed by atoms with Crippen LogP contribution in [0.3, 0.4) is 0 Å². The van der Waals surface area contributed by atoms with Crippen LogP contribution in [0.15, 0.2) is 0 Å². The summed E-state index contributed by atoms with van der Waals surface area (Å²) in [6, 6.07) is 0.432. The van der Waals surface area contributed by atoms with Gasteiger partial charge in [0.15, 0.2) is 0 Å². The summed E-state index contributed by atoms with van der Waals surface area (Å²) in [5, 5.41) is 13.6. The fourth-order valence-corrected chi connectivity index (χ4v) is 2.63. The van der Waals surface area contributed by atoms with E-state index in [0.717, 1.165) is 25.7 Å². The zero-order valence-electron chi connectivity index (χ0n) is 14.1. The summed E-state index contributed by atoms with van der Waals surface area (Å²) >= 11 is 0. The van der Waals surface area contributed by atoms with Crippen molar-refractivity contribution >= 4 is 5.91 Å². The Kier molecular flexibility index (Phi) is 9.86. The highest BCUT2D eigenvalue weighted by Crippen LogP contribution is 2.21. The van der Waals surface area contributed by atoms with E-state index in [1.807, 2.05) is 11.8 Å². The van der Waals surface area contributed by atoms with Crippen LogP contribution in [0.2, 0.25) is 0 Å². The lowest BCUT2D eigenvalue weighted by Crippen LogP contribution is -2.52. The summed E-state index contributed by atoms with van der Waals surface area (Å²) in [7, 11) is 0. The Morgan fingerprint density at radius 3 is 2.05 bits per heavy atom. The molecule has 0 fully saturated rings. The Morgan fingerprint density at radius 1 is 1.10 bits per heavy atom. The molecule has 0 saturated carbocycles. The maximum atomic E-state index is 12.3. The van der Waals surface area contributed by atoms with Crippen LogP contribution in [0.4, 0.5) is 0 Å².